The molecule has 2 aromatic carbocycles. The standard InChI is InChI=1S/C28H28N2O5/c1-32-27-16-22(8-9-26(27)35-19-23-6-2-3-11-29-23)28(31)30-12-14-33-18-20(17-30)15-21-5-4-7-25-24(21)10-13-34-25/h2-11,13,16,20H,12,14-15,17-19H2,1H3/t20-/m1/s1. The molecule has 1 amide bonds. The summed E-state index contributed by atoms with van der Waals surface area (Å²) in [6, 6.07) is 19.1. The molecule has 0 N–H and O–H groups in total. The van der Waals surface area contributed by atoms with Gasteiger partial charge in [0.15, 0.2) is 11.5 Å². The highest BCUT2D eigenvalue weighted by atomic mass is 16.5. The van der Waals surface area contributed by atoms with Crippen LogP contribution in [0.1, 0.15) is 21.6 Å². The van der Waals surface area contributed by atoms with E-state index in [9.17, 15) is 4.79 Å². The fourth-order valence-electron chi connectivity index (χ4n) is 4.47. The number of ether oxygens (including phenoxy) is 3. The molecule has 0 unspecified atom stereocenters. The highest BCUT2D eigenvalue weighted by Gasteiger charge is 2.25. The Morgan fingerprint density at radius 2 is 2.06 bits per heavy atom. The predicted molar refractivity (Wildman–Crippen MR) is 132 cm³/mol. The Kier molecular flexibility index (Phi) is 6.95. The first-order chi connectivity index (χ1) is 17.2. The molecule has 3 heterocycles. The van der Waals surface area contributed by atoms with Gasteiger partial charge in [0.1, 0.15) is 12.2 Å². The van der Waals surface area contributed by atoms with Crippen LogP contribution in [0.3, 0.4) is 0 Å². The monoisotopic (exact) mass is 472 g/mol. The second kappa shape index (κ2) is 10.6. The van der Waals surface area contributed by atoms with Crippen LogP contribution in [0, 0.1) is 5.92 Å². The first-order valence-corrected chi connectivity index (χ1v) is 11.7. The summed E-state index contributed by atoms with van der Waals surface area (Å²) in [5, 5.41) is 1.11. The molecule has 7 heteroatoms. The molecule has 0 bridgehead atoms. The van der Waals surface area contributed by atoms with Gasteiger partial charge >= 0.3 is 0 Å². The Hall–Kier alpha value is -3.84. The van der Waals surface area contributed by atoms with E-state index in [2.05, 4.69) is 11.1 Å². The van der Waals surface area contributed by atoms with Crippen molar-refractivity contribution in [2.45, 2.75) is 13.0 Å². The van der Waals surface area contributed by atoms with Crippen LogP contribution >= 0.6 is 0 Å². The second-order valence-electron chi connectivity index (χ2n) is 8.62. The zero-order valence-electron chi connectivity index (χ0n) is 19.7. The zero-order valence-corrected chi connectivity index (χ0v) is 19.7. The lowest BCUT2D eigenvalue weighted by molar-refractivity contribution is 0.0737. The maximum atomic E-state index is 13.4. The third kappa shape index (κ3) is 5.30. The van der Waals surface area contributed by atoms with Crippen molar-refractivity contribution in [2.24, 2.45) is 5.92 Å². The topological polar surface area (TPSA) is 74.0 Å². The molecule has 0 aliphatic carbocycles. The number of nitrogens with zero attached hydrogens (tertiary/aromatic N) is 2. The summed E-state index contributed by atoms with van der Waals surface area (Å²) in [4.78, 5) is 19.6. The molecule has 180 valence electrons. The van der Waals surface area contributed by atoms with E-state index in [1.807, 2.05) is 41.3 Å². The van der Waals surface area contributed by atoms with E-state index in [1.165, 1.54) is 5.56 Å². The Labute approximate surface area is 204 Å². The van der Waals surface area contributed by atoms with Gasteiger partial charge in [-0.25, -0.2) is 0 Å². The van der Waals surface area contributed by atoms with E-state index in [4.69, 9.17) is 18.6 Å². The molecule has 2 aromatic heterocycles. The Bertz CT molecular complexity index is 1290. The summed E-state index contributed by atoms with van der Waals surface area (Å²) in [6.45, 7) is 2.61. The van der Waals surface area contributed by atoms with Crippen LogP contribution in [0.25, 0.3) is 11.0 Å². The molecule has 0 radical (unpaired) electrons. The molecule has 1 fully saturated rings. The molecule has 0 saturated carbocycles. The van der Waals surface area contributed by atoms with Gasteiger partial charge in [-0.15, -0.1) is 0 Å². The minimum absolute atomic E-state index is 0.0448. The first kappa shape index (κ1) is 22.9. The largest absolute Gasteiger partial charge is 0.493 e. The fraction of sp³-hybridized carbons (Fsp3) is 0.286. The Morgan fingerprint density at radius 1 is 1.11 bits per heavy atom. The van der Waals surface area contributed by atoms with Crippen LogP contribution in [0.4, 0.5) is 0 Å². The van der Waals surface area contributed by atoms with Gasteiger partial charge in [0.2, 0.25) is 0 Å². The quantitative estimate of drug-likeness (QED) is 0.387. The van der Waals surface area contributed by atoms with Gasteiger partial charge in [0.05, 0.1) is 32.3 Å². The van der Waals surface area contributed by atoms with Gasteiger partial charge in [0, 0.05) is 36.2 Å². The normalized spacial score (nSPS) is 16.1. The number of hydrogen-bond donors (Lipinski definition) is 0. The molecule has 1 aliphatic heterocycles. The van der Waals surface area contributed by atoms with E-state index in [-0.39, 0.29) is 11.8 Å². The van der Waals surface area contributed by atoms with Crippen LogP contribution in [0.2, 0.25) is 0 Å². The number of furan rings is 1. The van der Waals surface area contributed by atoms with Gasteiger partial charge < -0.3 is 23.5 Å². The SMILES string of the molecule is COc1cc(C(=O)N2CCOC[C@H](Cc3cccc4occc34)C2)ccc1OCc1ccccn1. The van der Waals surface area contributed by atoms with Crippen LogP contribution in [0.15, 0.2) is 77.5 Å². The van der Waals surface area contributed by atoms with Gasteiger partial charge in [-0.2, -0.15) is 0 Å². The van der Waals surface area contributed by atoms with E-state index in [0.717, 1.165) is 23.1 Å². The van der Waals surface area contributed by atoms with Crippen LogP contribution < -0.4 is 9.47 Å². The number of fused-ring (bicyclic) bond motifs is 1. The van der Waals surface area contributed by atoms with E-state index < -0.39 is 0 Å². The smallest absolute Gasteiger partial charge is 0.254 e. The summed E-state index contributed by atoms with van der Waals surface area (Å²) >= 11 is 0. The van der Waals surface area contributed by atoms with Crippen molar-refractivity contribution in [2.75, 3.05) is 33.4 Å². The van der Waals surface area contributed by atoms with E-state index >= 15 is 0 Å². The number of amides is 1. The lowest BCUT2D eigenvalue weighted by Crippen LogP contribution is -2.36. The fourth-order valence-corrected chi connectivity index (χ4v) is 4.47. The highest BCUT2D eigenvalue weighted by molar-refractivity contribution is 5.95. The predicted octanol–water partition coefficient (Wildman–Crippen LogP) is 4.75. The maximum absolute atomic E-state index is 13.4. The van der Waals surface area contributed by atoms with Crippen molar-refractivity contribution in [1.82, 2.24) is 9.88 Å². The molecule has 7 nitrogen and oxygen atoms in total. The molecule has 1 aliphatic rings. The Morgan fingerprint density at radius 3 is 2.91 bits per heavy atom. The number of hydrogen-bond acceptors (Lipinski definition) is 6. The number of carbonyl (C=O) groups excluding carboxylic acids is 1. The lowest BCUT2D eigenvalue weighted by Gasteiger charge is -2.24. The van der Waals surface area contributed by atoms with E-state index in [0.29, 0.717) is 50.0 Å². The molecule has 1 saturated heterocycles. The average molecular weight is 473 g/mol. The van der Waals surface area contributed by atoms with Crippen molar-refractivity contribution >= 4 is 16.9 Å². The molecular formula is C28H28N2O5. The van der Waals surface area contributed by atoms with Crippen molar-refractivity contribution in [3.05, 3.63) is 89.9 Å². The van der Waals surface area contributed by atoms with Crippen LogP contribution in [-0.2, 0) is 17.8 Å². The third-order valence-electron chi connectivity index (χ3n) is 6.23. The summed E-state index contributed by atoms with van der Waals surface area (Å²) in [6.07, 6.45) is 4.25. The Balaban J connectivity index is 1.28. The summed E-state index contributed by atoms with van der Waals surface area (Å²) in [5.41, 5.74) is 3.46. The maximum Gasteiger partial charge on any atom is 0.254 e. The molecule has 1 atom stereocenters. The number of rotatable bonds is 7. The first-order valence-electron chi connectivity index (χ1n) is 11.7. The van der Waals surface area contributed by atoms with Crippen molar-refractivity contribution in [3.63, 3.8) is 0 Å². The zero-order chi connectivity index (χ0) is 24.0. The molecular weight excluding hydrogens is 444 g/mol. The third-order valence-corrected chi connectivity index (χ3v) is 6.23. The van der Waals surface area contributed by atoms with Crippen LogP contribution in [0.5, 0.6) is 11.5 Å². The molecule has 35 heavy (non-hydrogen) atoms. The highest BCUT2D eigenvalue weighted by Crippen LogP contribution is 2.30. The molecule has 4 aromatic rings. The average Bonchev–Trinajstić information content (AvgIpc) is 3.27. The summed E-state index contributed by atoms with van der Waals surface area (Å²) in [7, 11) is 1.57. The van der Waals surface area contributed by atoms with Gasteiger partial charge in [-0.05, 0) is 54.4 Å². The minimum Gasteiger partial charge on any atom is -0.493 e. The molecule has 5 rings (SSSR count). The lowest BCUT2D eigenvalue weighted by atomic mass is 9.97. The number of carbonyl (C=O) groups is 1. The number of benzene rings is 2. The van der Waals surface area contributed by atoms with Crippen LogP contribution in [-0.4, -0.2) is 49.2 Å². The van der Waals surface area contributed by atoms with Gasteiger partial charge in [-0.1, -0.05) is 18.2 Å². The van der Waals surface area contributed by atoms with Crippen molar-refractivity contribution < 1.29 is 23.4 Å². The second-order valence-corrected chi connectivity index (χ2v) is 8.62. The summed E-state index contributed by atoms with van der Waals surface area (Å²) < 4.78 is 22.8. The van der Waals surface area contributed by atoms with Crippen molar-refractivity contribution in [1.29, 1.82) is 0 Å². The van der Waals surface area contributed by atoms with E-state index in [1.54, 1.807) is 37.8 Å². The van der Waals surface area contributed by atoms with Crippen molar-refractivity contribution in [3.8, 4) is 11.5 Å². The van der Waals surface area contributed by atoms with Gasteiger partial charge in [-0.3, -0.25) is 9.78 Å². The number of methoxy groups -OCH3 is 1. The minimum atomic E-state index is -0.0448. The number of aromatic nitrogens is 1. The summed E-state index contributed by atoms with van der Waals surface area (Å²) in [5.74, 6) is 1.22. The molecule has 0 spiro atoms. The number of pyridine rings is 1. The van der Waals surface area contributed by atoms with Gasteiger partial charge in [0.25, 0.3) is 5.91 Å².